The van der Waals surface area contributed by atoms with Crippen molar-refractivity contribution in [1.29, 1.82) is 0 Å². The molecule has 2 rings (SSSR count). The fourth-order valence-corrected chi connectivity index (χ4v) is 3.97. The first kappa shape index (κ1) is 27.4. The van der Waals surface area contributed by atoms with Crippen LogP contribution in [0.25, 0.3) is 0 Å². The van der Waals surface area contributed by atoms with Crippen molar-refractivity contribution in [3.63, 3.8) is 0 Å². The summed E-state index contributed by atoms with van der Waals surface area (Å²) in [7, 11) is 1.59. The molecule has 34 heavy (non-hydrogen) atoms. The van der Waals surface area contributed by atoms with Crippen LogP contribution in [0.5, 0.6) is 5.75 Å². The number of methoxy groups -OCH3 is 1. The first-order valence-electron chi connectivity index (χ1n) is 11.5. The summed E-state index contributed by atoms with van der Waals surface area (Å²) in [5.41, 5.74) is 1.84. The summed E-state index contributed by atoms with van der Waals surface area (Å²) in [6.07, 6.45) is -0.689. The number of carbonyl (C=O) groups excluding carboxylic acids is 3. The van der Waals surface area contributed by atoms with Crippen LogP contribution in [-0.2, 0) is 20.7 Å². The van der Waals surface area contributed by atoms with Gasteiger partial charge in [-0.15, -0.1) is 0 Å². The number of nitrogens with zero attached hydrogens (tertiary/aromatic N) is 2. The quantitative estimate of drug-likeness (QED) is 0.384. The Morgan fingerprint density at radius 3 is 2.35 bits per heavy atom. The number of amides is 3. The highest BCUT2D eigenvalue weighted by atomic mass is 16.6. The minimum Gasteiger partial charge on any atom is -0.497 e. The maximum Gasteiger partial charge on any atom is 0.410 e. The second kappa shape index (κ2) is 12.0. The van der Waals surface area contributed by atoms with E-state index in [-0.39, 0.29) is 38.0 Å². The van der Waals surface area contributed by atoms with E-state index in [9.17, 15) is 19.5 Å². The molecule has 0 radical (unpaired) electrons. The minimum absolute atomic E-state index is 0.250. The van der Waals surface area contributed by atoms with Crippen LogP contribution in [0.2, 0.25) is 0 Å². The molecule has 3 atom stereocenters. The summed E-state index contributed by atoms with van der Waals surface area (Å²) in [6.45, 7) is 7.98. The number of ether oxygens (including phenoxy) is 2. The van der Waals surface area contributed by atoms with Crippen molar-refractivity contribution in [1.82, 2.24) is 15.3 Å². The lowest BCUT2D eigenvalue weighted by atomic mass is 9.92. The highest BCUT2D eigenvalue weighted by Crippen LogP contribution is 2.22. The van der Waals surface area contributed by atoms with Gasteiger partial charge in [-0.1, -0.05) is 12.1 Å². The van der Waals surface area contributed by atoms with E-state index in [2.05, 4.69) is 0 Å². The smallest absolute Gasteiger partial charge is 0.410 e. The van der Waals surface area contributed by atoms with Gasteiger partial charge in [0.25, 0.3) is 5.91 Å². The van der Waals surface area contributed by atoms with Crippen molar-refractivity contribution in [2.24, 2.45) is 5.92 Å². The average Bonchev–Trinajstić information content (AvgIpc) is 2.79. The van der Waals surface area contributed by atoms with Crippen molar-refractivity contribution in [2.75, 3.05) is 26.7 Å². The van der Waals surface area contributed by atoms with Crippen LogP contribution in [0.15, 0.2) is 24.3 Å². The second-order valence-electron chi connectivity index (χ2n) is 9.57. The molecule has 0 unspecified atom stereocenters. The molecule has 1 aliphatic heterocycles. The number of hydrogen-bond acceptors (Lipinski definition) is 7. The molecule has 1 heterocycles. The van der Waals surface area contributed by atoms with Gasteiger partial charge in [0.2, 0.25) is 5.91 Å². The van der Waals surface area contributed by atoms with Gasteiger partial charge in [-0.25, -0.2) is 10.3 Å². The number of aryl methyl sites for hydroxylation is 1. The molecular formula is C24H37N3O7. The van der Waals surface area contributed by atoms with Crippen LogP contribution in [0.1, 0.15) is 46.1 Å². The van der Waals surface area contributed by atoms with E-state index in [0.717, 1.165) is 11.3 Å². The lowest BCUT2D eigenvalue weighted by Gasteiger charge is -2.41. The largest absolute Gasteiger partial charge is 0.497 e. The number of nitrogens with one attached hydrogen (secondary N) is 1. The van der Waals surface area contributed by atoms with Gasteiger partial charge >= 0.3 is 6.09 Å². The molecule has 0 aromatic heterocycles. The number of aliphatic hydroxyl groups excluding tert-OH is 1. The Morgan fingerprint density at radius 2 is 1.82 bits per heavy atom. The molecule has 10 heteroatoms. The highest BCUT2D eigenvalue weighted by Gasteiger charge is 2.38. The lowest BCUT2D eigenvalue weighted by molar-refractivity contribution is -0.152. The Hall–Kier alpha value is -2.85. The Balaban J connectivity index is 2.03. The standard InChI is InChI=1S/C24H37N3O7/c1-16-15-26(13-14-27(16)23(31)34-24(2,3)4)22(30)19(20(28)21(29)25-32)8-6-7-17-9-11-18(33-5)12-10-17/h9-12,16,19-20,28,32H,6-8,13-15H2,1-5H3,(H,25,29)/t16-,19+,20-/m0/s1. The Kier molecular flexibility index (Phi) is 9.69. The van der Waals surface area contributed by atoms with E-state index in [1.54, 1.807) is 37.7 Å². The highest BCUT2D eigenvalue weighted by molar-refractivity contribution is 5.88. The molecule has 10 nitrogen and oxygen atoms in total. The van der Waals surface area contributed by atoms with Crippen LogP contribution < -0.4 is 10.2 Å². The fourth-order valence-electron chi connectivity index (χ4n) is 3.97. The zero-order valence-corrected chi connectivity index (χ0v) is 20.6. The van der Waals surface area contributed by atoms with Crippen LogP contribution in [0.4, 0.5) is 4.79 Å². The molecule has 3 amide bonds. The number of hydrogen-bond donors (Lipinski definition) is 3. The zero-order valence-electron chi connectivity index (χ0n) is 20.6. The maximum atomic E-state index is 13.3. The summed E-state index contributed by atoms with van der Waals surface area (Å²) >= 11 is 0. The van der Waals surface area contributed by atoms with Gasteiger partial charge in [0.1, 0.15) is 17.5 Å². The first-order valence-corrected chi connectivity index (χ1v) is 11.5. The SMILES string of the molecule is COc1ccc(CCC[C@@H](C(=O)N2CCN(C(=O)OC(C)(C)C)[C@@H](C)C2)[C@H](O)C(=O)NO)cc1. The van der Waals surface area contributed by atoms with Crippen molar-refractivity contribution < 1.29 is 34.2 Å². The molecule has 0 bridgehead atoms. The van der Waals surface area contributed by atoms with Gasteiger partial charge in [0.05, 0.1) is 13.0 Å². The van der Waals surface area contributed by atoms with Gasteiger partial charge < -0.3 is 24.4 Å². The van der Waals surface area contributed by atoms with Gasteiger partial charge in [0.15, 0.2) is 0 Å². The van der Waals surface area contributed by atoms with Gasteiger partial charge in [-0.05, 0) is 64.7 Å². The molecule has 1 fully saturated rings. The summed E-state index contributed by atoms with van der Waals surface area (Å²) in [5.74, 6) is -1.69. The predicted molar refractivity (Wildman–Crippen MR) is 124 cm³/mol. The van der Waals surface area contributed by atoms with Crippen LogP contribution >= 0.6 is 0 Å². The molecule has 0 aliphatic carbocycles. The number of aliphatic hydroxyl groups is 1. The maximum absolute atomic E-state index is 13.3. The summed E-state index contributed by atoms with van der Waals surface area (Å²) in [5, 5.41) is 19.4. The Bertz CT molecular complexity index is 838. The summed E-state index contributed by atoms with van der Waals surface area (Å²) in [6, 6.07) is 7.24. The monoisotopic (exact) mass is 479 g/mol. The van der Waals surface area contributed by atoms with Crippen LogP contribution in [0, 0.1) is 5.92 Å². The number of benzene rings is 1. The van der Waals surface area contributed by atoms with E-state index >= 15 is 0 Å². The van der Waals surface area contributed by atoms with E-state index in [0.29, 0.717) is 12.8 Å². The predicted octanol–water partition coefficient (Wildman–Crippen LogP) is 1.97. The molecule has 0 spiro atoms. The molecule has 1 aliphatic rings. The molecule has 1 aromatic carbocycles. The van der Waals surface area contributed by atoms with E-state index in [1.807, 2.05) is 31.2 Å². The molecule has 0 saturated carbocycles. The van der Waals surface area contributed by atoms with Crippen molar-refractivity contribution in [2.45, 2.75) is 64.7 Å². The zero-order chi connectivity index (χ0) is 25.5. The minimum atomic E-state index is -1.69. The van der Waals surface area contributed by atoms with E-state index < -0.39 is 29.6 Å². The molecular weight excluding hydrogens is 442 g/mol. The third-order valence-corrected chi connectivity index (χ3v) is 5.78. The van der Waals surface area contributed by atoms with Gasteiger partial charge in [-0.2, -0.15) is 0 Å². The van der Waals surface area contributed by atoms with E-state index in [4.69, 9.17) is 14.7 Å². The average molecular weight is 480 g/mol. The molecule has 3 N–H and O–H groups in total. The summed E-state index contributed by atoms with van der Waals surface area (Å²) < 4.78 is 10.6. The van der Waals surface area contributed by atoms with Crippen molar-refractivity contribution in [3.05, 3.63) is 29.8 Å². The number of rotatable bonds is 8. The Morgan fingerprint density at radius 1 is 1.18 bits per heavy atom. The molecule has 190 valence electrons. The normalized spacial score (nSPS) is 18.1. The third kappa shape index (κ3) is 7.59. The third-order valence-electron chi connectivity index (χ3n) is 5.78. The summed E-state index contributed by atoms with van der Waals surface area (Å²) in [4.78, 5) is 40.8. The Labute approximate surface area is 200 Å². The second-order valence-corrected chi connectivity index (χ2v) is 9.57. The number of hydroxylamine groups is 1. The van der Waals surface area contributed by atoms with Crippen LogP contribution in [-0.4, -0.2) is 82.5 Å². The van der Waals surface area contributed by atoms with Gasteiger partial charge in [-0.3, -0.25) is 14.8 Å². The van der Waals surface area contributed by atoms with E-state index in [1.165, 1.54) is 5.48 Å². The fraction of sp³-hybridized carbons (Fsp3) is 0.625. The number of carbonyl (C=O) groups is 3. The number of piperazine rings is 1. The van der Waals surface area contributed by atoms with Crippen LogP contribution in [0.3, 0.4) is 0 Å². The van der Waals surface area contributed by atoms with Gasteiger partial charge in [0, 0.05) is 25.7 Å². The molecule has 1 aromatic rings. The van der Waals surface area contributed by atoms with Crippen molar-refractivity contribution in [3.8, 4) is 5.75 Å². The molecule has 1 saturated heterocycles. The lowest BCUT2D eigenvalue weighted by Crippen LogP contribution is -2.58. The van der Waals surface area contributed by atoms with Crippen molar-refractivity contribution >= 4 is 17.9 Å². The first-order chi connectivity index (χ1) is 16.0. The topological polar surface area (TPSA) is 129 Å².